The van der Waals surface area contributed by atoms with E-state index in [0.717, 1.165) is 39.1 Å². The van der Waals surface area contributed by atoms with Crippen LogP contribution in [-0.4, -0.2) is 67.5 Å². The Morgan fingerprint density at radius 3 is 2.46 bits per heavy atom. The zero-order valence-electron chi connectivity index (χ0n) is 16.0. The number of carbonyl (C=O) groups excluding carboxylic acids is 2. The van der Waals surface area contributed by atoms with E-state index in [4.69, 9.17) is 4.74 Å². The van der Waals surface area contributed by atoms with Crippen LogP contribution >= 0.6 is 11.3 Å². The summed E-state index contributed by atoms with van der Waals surface area (Å²) in [6.45, 7) is 4.57. The summed E-state index contributed by atoms with van der Waals surface area (Å²) >= 11 is 1.80. The van der Waals surface area contributed by atoms with Gasteiger partial charge in [0.05, 0.1) is 25.3 Å². The second-order valence-corrected chi connectivity index (χ2v) is 8.22. The molecule has 1 aromatic carbocycles. The van der Waals surface area contributed by atoms with Gasteiger partial charge in [-0.15, -0.1) is 11.3 Å². The first kappa shape index (κ1) is 19.1. The first-order valence-electron chi connectivity index (χ1n) is 9.65. The second-order valence-electron chi connectivity index (χ2n) is 7.19. The molecule has 0 bridgehead atoms. The molecule has 2 aliphatic rings. The van der Waals surface area contributed by atoms with Gasteiger partial charge in [-0.1, -0.05) is 6.07 Å². The van der Waals surface area contributed by atoms with Crippen LogP contribution in [0.25, 0.3) is 0 Å². The van der Waals surface area contributed by atoms with Crippen LogP contribution < -0.4 is 9.64 Å². The molecule has 0 saturated carbocycles. The quantitative estimate of drug-likeness (QED) is 0.698. The van der Waals surface area contributed by atoms with Crippen molar-refractivity contribution in [3.05, 3.63) is 46.7 Å². The number of hydrogen-bond acceptors (Lipinski definition) is 6. The third-order valence-corrected chi connectivity index (χ3v) is 6.49. The fraction of sp³-hybridized carbons (Fsp3) is 0.429. The topological polar surface area (TPSA) is 53.1 Å². The lowest BCUT2D eigenvalue weighted by Gasteiger charge is -2.37. The van der Waals surface area contributed by atoms with Gasteiger partial charge in [0.1, 0.15) is 5.75 Å². The Balaban J connectivity index is 1.33. The predicted molar refractivity (Wildman–Crippen MR) is 110 cm³/mol. The normalized spacial score (nSPS) is 21.5. The molecule has 0 N–H and O–H groups in total. The number of imide groups is 1. The summed E-state index contributed by atoms with van der Waals surface area (Å²) in [7, 11) is 1.59. The molecular formula is C21H25N3O3S. The molecule has 1 unspecified atom stereocenters. The zero-order valence-corrected chi connectivity index (χ0v) is 16.9. The van der Waals surface area contributed by atoms with Gasteiger partial charge >= 0.3 is 0 Å². The van der Waals surface area contributed by atoms with E-state index in [9.17, 15) is 9.59 Å². The zero-order chi connectivity index (χ0) is 19.5. The fourth-order valence-corrected chi connectivity index (χ4v) is 4.62. The number of methoxy groups -OCH3 is 1. The van der Waals surface area contributed by atoms with Crippen LogP contribution in [0.3, 0.4) is 0 Å². The molecule has 0 aliphatic carbocycles. The van der Waals surface area contributed by atoms with E-state index < -0.39 is 0 Å². The third kappa shape index (κ3) is 3.97. The van der Waals surface area contributed by atoms with Gasteiger partial charge in [0.15, 0.2) is 0 Å². The van der Waals surface area contributed by atoms with Crippen LogP contribution in [0, 0.1) is 0 Å². The largest absolute Gasteiger partial charge is 0.497 e. The second kappa shape index (κ2) is 8.43. The molecule has 7 heteroatoms. The molecule has 2 fully saturated rings. The molecule has 6 nitrogen and oxygen atoms in total. The van der Waals surface area contributed by atoms with E-state index in [1.54, 1.807) is 42.7 Å². The lowest BCUT2D eigenvalue weighted by Crippen LogP contribution is -2.52. The molecule has 1 aromatic heterocycles. The van der Waals surface area contributed by atoms with E-state index in [-0.39, 0.29) is 24.3 Å². The highest BCUT2D eigenvalue weighted by Crippen LogP contribution is 2.27. The number of nitrogens with zero attached hydrogens (tertiary/aromatic N) is 3. The van der Waals surface area contributed by atoms with Crippen LogP contribution in [0.5, 0.6) is 5.75 Å². The fourth-order valence-electron chi connectivity index (χ4n) is 3.93. The first-order chi connectivity index (χ1) is 13.7. The van der Waals surface area contributed by atoms with Crippen LogP contribution in [0.4, 0.5) is 5.69 Å². The molecule has 148 valence electrons. The summed E-state index contributed by atoms with van der Waals surface area (Å²) in [5.41, 5.74) is 0.618. The van der Waals surface area contributed by atoms with Gasteiger partial charge < -0.3 is 9.64 Å². The Morgan fingerprint density at radius 1 is 1.07 bits per heavy atom. The van der Waals surface area contributed by atoms with E-state index in [2.05, 4.69) is 27.3 Å². The Hall–Kier alpha value is -2.22. The lowest BCUT2D eigenvalue weighted by atomic mass is 10.1. The Labute approximate surface area is 169 Å². The van der Waals surface area contributed by atoms with E-state index in [0.29, 0.717) is 11.4 Å². The number of ether oxygens (including phenoxy) is 1. The third-order valence-electron chi connectivity index (χ3n) is 5.56. The molecular weight excluding hydrogens is 374 g/mol. The van der Waals surface area contributed by atoms with Crippen LogP contribution in [0.15, 0.2) is 41.8 Å². The molecule has 2 saturated heterocycles. The number of thiophene rings is 1. The summed E-state index contributed by atoms with van der Waals surface area (Å²) < 4.78 is 5.15. The molecule has 0 spiro atoms. The Bertz CT molecular complexity index is 814. The number of piperazine rings is 1. The Kier molecular flexibility index (Phi) is 5.75. The monoisotopic (exact) mass is 399 g/mol. The maximum atomic E-state index is 13.0. The molecule has 3 heterocycles. The minimum Gasteiger partial charge on any atom is -0.497 e. The van der Waals surface area contributed by atoms with Crippen molar-refractivity contribution in [2.45, 2.75) is 18.9 Å². The smallest absolute Gasteiger partial charge is 0.251 e. The van der Waals surface area contributed by atoms with Gasteiger partial charge in [-0.05, 0) is 42.1 Å². The number of rotatable bonds is 6. The molecule has 0 radical (unpaired) electrons. The SMILES string of the molecule is COc1ccc(N2C(=O)CC(N3CCN(CCc4cccs4)CC3)C2=O)cc1. The van der Waals surface area contributed by atoms with Crippen molar-refractivity contribution >= 4 is 28.8 Å². The van der Waals surface area contributed by atoms with Gasteiger partial charge in [-0.2, -0.15) is 0 Å². The standard InChI is InChI=1S/C21H25N3O3S/c1-27-17-6-4-16(5-7-17)24-20(25)15-19(21(24)26)23-12-10-22(11-13-23)9-8-18-3-2-14-28-18/h2-7,14,19H,8-13,15H2,1H3. The minimum absolute atomic E-state index is 0.109. The number of carbonyl (C=O) groups is 2. The van der Waals surface area contributed by atoms with Crippen LogP contribution in [0.2, 0.25) is 0 Å². The van der Waals surface area contributed by atoms with Gasteiger partial charge in [-0.3, -0.25) is 14.5 Å². The first-order valence-corrected chi connectivity index (χ1v) is 10.5. The molecule has 4 rings (SSSR count). The van der Waals surface area contributed by atoms with Crippen molar-refractivity contribution in [3.8, 4) is 5.75 Å². The average Bonchev–Trinajstić information content (AvgIpc) is 3.35. The van der Waals surface area contributed by atoms with Crippen molar-refractivity contribution in [1.29, 1.82) is 0 Å². The predicted octanol–water partition coefficient (Wildman–Crippen LogP) is 2.25. The Morgan fingerprint density at radius 2 is 1.82 bits per heavy atom. The molecule has 1 atom stereocenters. The van der Waals surface area contributed by atoms with Crippen LogP contribution in [0.1, 0.15) is 11.3 Å². The lowest BCUT2D eigenvalue weighted by molar-refractivity contribution is -0.123. The molecule has 2 aromatic rings. The van der Waals surface area contributed by atoms with E-state index >= 15 is 0 Å². The average molecular weight is 400 g/mol. The maximum Gasteiger partial charge on any atom is 0.251 e. The summed E-state index contributed by atoms with van der Waals surface area (Å²) in [6, 6.07) is 11.0. The molecule has 28 heavy (non-hydrogen) atoms. The van der Waals surface area contributed by atoms with Crippen LogP contribution in [-0.2, 0) is 16.0 Å². The highest BCUT2D eigenvalue weighted by atomic mass is 32.1. The minimum atomic E-state index is -0.339. The van der Waals surface area contributed by atoms with Crippen molar-refractivity contribution in [3.63, 3.8) is 0 Å². The molecule has 2 aliphatic heterocycles. The van der Waals surface area contributed by atoms with Gasteiger partial charge in [0, 0.05) is 37.6 Å². The van der Waals surface area contributed by atoms with Crippen molar-refractivity contribution in [2.75, 3.05) is 44.7 Å². The van der Waals surface area contributed by atoms with Gasteiger partial charge in [-0.25, -0.2) is 4.90 Å². The number of benzene rings is 1. The number of amides is 2. The number of hydrogen-bond donors (Lipinski definition) is 0. The van der Waals surface area contributed by atoms with E-state index in [1.807, 2.05) is 0 Å². The summed E-state index contributed by atoms with van der Waals surface area (Å²) in [6.07, 6.45) is 1.34. The van der Waals surface area contributed by atoms with Gasteiger partial charge in [0.25, 0.3) is 5.91 Å². The van der Waals surface area contributed by atoms with Crippen molar-refractivity contribution in [2.24, 2.45) is 0 Å². The van der Waals surface area contributed by atoms with Crippen molar-refractivity contribution < 1.29 is 14.3 Å². The van der Waals surface area contributed by atoms with Gasteiger partial charge in [0.2, 0.25) is 5.91 Å². The van der Waals surface area contributed by atoms with Crippen molar-refractivity contribution in [1.82, 2.24) is 9.80 Å². The summed E-state index contributed by atoms with van der Waals surface area (Å²) in [5, 5.41) is 2.12. The summed E-state index contributed by atoms with van der Waals surface area (Å²) in [5.74, 6) is 0.473. The molecule has 2 amide bonds. The summed E-state index contributed by atoms with van der Waals surface area (Å²) in [4.78, 5) is 32.8. The highest BCUT2D eigenvalue weighted by molar-refractivity contribution is 7.09. The van der Waals surface area contributed by atoms with E-state index in [1.165, 1.54) is 9.78 Å². The maximum absolute atomic E-state index is 13.0. The highest BCUT2D eigenvalue weighted by Gasteiger charge is 2.43. The number of anilines is 1.